The summed E-state index contributed by atoms with van der Waals surface area (Å²) in [6, 6.07) is 20.8. The molecule has 0 bridgehead atoms. The van der Waals surface area contributed by atoms with Crippen molar-refractivity contribution in [1.82, 2.24) is 9.88 Å². The van der Waals surface area contributed by atoms with Crippen LogP contribution in [0.5, 0.6) is 5.75 Å². The van der Waals surface area contributed by atoms with Gasteiger partial charge in [-0.05, 0) is 23.6 Å². The lowest BCUT2D eigenvalue weighted by molar-refractivity contribution is -0.121. The van der Waals surface area contributed by atoms with E-state index in [0.717, 1.165) is 16.5 Å². The number of rotatable bonds is 5. The minimum atomic E-state index is -0.559. The van der Waals surface area contributed by atoms with Crippen molar-refractivity contribution in [3.63, 3.8) is 0 Å². The predicted molar refractivity (Wildman–Crippen MR) is 111 cm³/mol. The summed E-state index contributed by atoms with van der Waals surface area (Å²) < 4.78 is 12.1. The molecule has 0 aliphatic heterocycles. The van der Waals surface area contributed by atoms with E-state index in [1.54, 1.807) is 24.3 Å². The fourth-order valence-corrected chi connectivity index (χ4v) is 3.05. The Balaban J connectivity index is 1.29. The molecular weight excluding hydrogens is 368 g/mol. The maximum absolute atomic E-state index is 12.1. The Hall–Kier alpha value is -3.98. The number of para-hydroxylation sites is 2. The van der Waals surface area contributed by atoms with Crippen LogP contribution >= 0.6 is 0 Å². The first-order valence-electron chi connectivity index (χ1n) is 9.14. The van der Waals surface area contributed by atoms with Crippen molar-refractivity contribution >= 4 is 27.8 Å². The van der Waals surface area contributed by atoms with E-state index in [0.29, 0.717) is 11.1 Å². The average molecular weight is 386 g/mol. The smallest absolute Gasteiger partial charge is 0.420 e. The Morgan fingerprint density at radius 3 is 2.72 bits per heavy atom. The minimum Gasteiger partial charge on any atom is -0.480 e. The standard InChI is InChI=1S/C23H18N2O4/c26-22(16-25-19-11-3-4-12-21(19)29-23(25)27)24-14-5-6-15-28-20-13-7-9-17-8-1-2-10-18(17)20/h1-4,7-13H,14-16H2,(H,24,26). The van der Waals surface area contributed by atoms with Crippen LogP contribution in [0.2, 0.25) is 0 Å². The molecule has 4 rings (SSSR count). The lowest BCUT2D eigenvalue weighted by Gasteiger charge is -2.06. The molecule has 29 heavy (non-hydrogen) atoms. The normalized spacial score (nSPS) is 10.5. The summed E-state index contributed by atoms with van der Waals surface area (Å²) in [4.78, 5) is 24.0. The Morgan fingerprint density at radius 2 is 1.79 bits per heavy atom. The van der Waals surface area contributed by atoms with Gasteiger partial charge in [0.05, 0.1) is 12.1 Å². The number of benzene rings is 3. The summed E-state index contributed by atoms with van der Waals surface area (Å²) in [5, 5.41) is 4.81. The first-order chi connectivity index (χ1) is 14.2. The third-order valence-corrected chi connectivity index (χ3v) is 4.42. The van der Waals surface area contributed by atoms with Gasteiger partial charge in [-0.25, -0.2) is 4.79 Å². The summed E-state index contributed by atoms with van der Waals surface area (Å²) in [7, 11) is 0. The van der Waals surface area contributed by atoms with Gasteiger partial charge >= 0.3 is 5.76 Å². The van der Waals surface area contributed by atoms with Gasteiger partial charge in [0.25, 0.3) is 0 Å². The van der Waals surface area contributed by atoms with Gasteiger partial charge < -0.3 is 14.5 Å². The van der Waals surface area contributed by atoms with E-state index in [1.807, 2.05) is 42.5 Å². The average Bonchev–Trinajstić information content (AvgIpc) is 3.06. The van der Waals surface area contributed by atoms with Crippen LogP contribution < -0.4 is 15.8 Å². The van der Waals surface area contributed by atoms with Crippen molar-refractivity contribution in [3.8, 4) is 17.6 Å². The van der Waals surface area contributed by atoms with Crippen LogP contribution in [-0.2, 0) is 11.3 Å². The number of amides is 1. The molecule has 6 heteroatoms. The van der Waals surface area contributed by atoms with E-state index in [4.69, 9.17) is 9.15 Å². The van der Waals surface area contributed by atoms with E-state index in [1.165, 1.54) is 4.57 Å². The maximum atomic E-state index is 12.1. The molecule has 0 spiro atoms. The summed E-state index contributed by atoms with van der Waals surface area (Å²) >= 11 is 0. The molecule has 0 radical (unpaired) electrons. The molecule has 1 heterocycles. The zero-order valence-corrected chi connectivity index (χ0v) is 15.6. The number of aromatic nitrogens is 1. The predicted octanol–water partition coefficient (Wildman–Crippen LogP) is 2.95. The van der Waals surface area contributed by atoms with E-state index < -0.39 is 5.76 Å². The molecule has 0 fully saturated rings. The molecule has 1 aromatic heterocycles. The lowest BCUT2D eigenvalue weighted by Crippen LogP contribution is -2.31. The van der Waals surface area contributed by atoms with E-state index in [-0.39, 0.29) is 25.6 Å². The van der Waals surface area contributed by atoms with Crippen LogP contribution in [-0.4, -0.2) is 23.6 Å². The number of ether oxygens (including phenoxy) is 1. The number of hydrogen-bond acceptors (Lipinski definition) is 4. The first kappa shape index (κ1) is 18.4. The van der Waals surface area contributed by atoms with E-state index >= 15 is 0 Å². The molecular formula is C23H18N2O4. The van der Waals surface area contributed by atoms with Crippen molar-refractivity contribution in [3.05, 3.63) is 77.3 Å². The van der Waals surface area contributed by atoms with Crippen molar-refractivity contribution in [2.75, 3.05) is 13.2 Å². The van der Waals surface area contributed by atoms with Crippen LogP contribution in [0.15, 0.2) is 75.9 Å². The van der Waals surface area contributed by atoms with Crippen LogP contribution in [0.3, 0.4) is 0 Å². The quantitative estimate of drug-likeness (QED) is 0.535. The second-order valence-corrected chi connectivity index (χ2v) is 6.32. The van der Waals surface area contributed by atoms with Gasteiger partial charge in [0.2, 0.25) is 5.91 Å². The highest BCUT2D eigenvalue weighted by Crippen LogP contribution is 2.24. The molecule has 0 aliphatic rings. The number of hydrogen-bond donors (Lipinski definition) is 1. The molecule has 0 atom stereocenters. The monoisotopic (exact) mass is 386 g/mol. The minimum absolute atomic E-state index is 0.121. The molecule has 6 nitrogen and oxygen atoms in total. The van der Waals surface area contributed by atoms with Gasteiger partial charge in [0, 0.05) is 5.39 Å². The topological polar surface area (TPSA) is 73.5 Å². The second kappa shape index (κ2) is 8.36. The van der Waals surface area contributed by atoms with Crippen molar-refractivity contribution in [1.29, 1.82) is 0 Å². The number of fused-ring (bicyclic) bond motifs is 2. The highest BCUT2D eigenvalue weighted by molar-refractivity contribution is 5.88. The maximum Gasteiger partial charge on any atom is 0.420 e. The van der Waals surface area contributed by atoms with Crippen LogP contribution in [0, 0.1) is 11.8 Å². The molecule has 0 aliphatic carbocycles. The molecule has 0 saturated carbocycles. The van der Waals surface area contributed by atoms with Crippen molar-refractivity contribution < 1.29 is 13.9 Å². The third kappa shape index (κ3) is 4.14. The number of oxazole rings is 1. The summed E-state index contributed by atoms with van der Waals surface area (Å²) in [6.45, 7) is 0.266. The largest absolute Gasteiger partial charge is 0.480 e. The van der Waals surface area contributed by atoms with Gasteiger partial charge in [0.15, 0.2) is 5.58 Å². The molecule has 1 amide bonds. The fourth-order valence-electron chi connectivity index (χ4n) is 3.05. The van der Waals surface area contributed by atoms with Gasteiger partial charge in [0.1, 0.15) is 18.9 Å². The molecule has 0 unspecified atom stereocenters. The molecule has 4 aromatic rings. The van der Waals surface area contributed by atoms with Crippen molar-refractivity contribution in [2.24, 2.45) is 0 Å². The molecule has 3 aromatic carbocycles. The Bertz CT molecular complexity index is 1290. The number of nitrogens with one attached hydrogen (secondary N) is 1. The van der Waals surface area contributed by atoms with E-state index in [2.05, 4.69) is 17.2 Å². The summed E-state index contributed by atoms with van der Waals surface area (Å²) in [6.07, 6.45) is 0. The number of carbonyl (C=O) groups excluding carboxylic acids is 1. The summed E-state index contributed by atoms with van der Waals surface area (Å²) in [5.41, 5.74) is 1.04. The Morgan fingerprint density at radius 1 is 1.00 bits per heavy atom. The highest BCUT2D eigenvalue weighted by Gasteiger charge is 2.11. The zero-order chi connectivity index (χ0) is 20.1. The summed E-state index contributed by atoms with van der Waals surface area (Å²) in [5.74, 6) is 5.62. The SMILES string of the molecule is O=C(Cn1c(=O)oc2ccccc21)NCC#CCOc1cccc2ccccc12. The molecule has 0 saturated heterocycles. The van der Waals surface area contributed by atoms with Crippen LogP contribution in [0.1, 0.15) is 0 Å². The van der Waals surface area contributed by atoms with Crippen LogP contribution in [0.4, 0.5) is 0 Å². The highest BCUT2D eigenvalue weighted by atomic mass is 16.5. The second-order valence-electron chi connectivity index (χ2n) is 6.32. The van der Waals surface area contributed by atoms with Gasteiger partial charge in [-0.15, -0.1) is 0 Å². The van der Waals surface area contributed by atoms with Gasteiger partial charge in [-0.3, -0.25) is 9.36 Å². The zero-order valence-electron chi connectivity index (χ0n) is 15.6. The molecule has 1 N–H and O–H groups in total. The Labute approximate surface area is 166 Å². The third-order valence-electron chi connectivity index (χ3n) is 4.42. The lowest BCUT2D eigenvalue weighted by atomic mass is 10.1. The molecule has 144 valence electrons. The number of carbonyl (C=O) groups is 1. The van der Waals surface area contributed by atoms with Gasteiger partial charge in [-0.2, -0.15) is 0 Å². The Kier molecular flexibility index (Phi) is 5.30. The first-order valence-corrected chi connectivity index (χ1v) is 9.14. The van der Waals surface area contributed by atoms with Crippen LogP contribution in [0.25, 0.3) is 21.9 Å². The fraction of sp³-hybridized carbons (Fsp3) is 0.130. The van der Waals surface area contributed by atoms with Crippen molar-refractivity contribution in [2.45, 2.75) is 6.54 Å². The van der Waals surface area contributed by atoms with Gasteiger partial charge in [-0.1, -0.05) is 60.4 Å². The number of nitrogens with zero attached hydrogens (tertiary/aromatic N) is 1. The van der Waals surface area contributed by atoms with E-state index in [9.17, 15) is 9.59 Å².